The van der Waals surface area contributed by atoms with Crippen LogP contribution < -0.4 is 4.68 Å². The van der Waals surface area contributed by atoms with Crippen molar-refractivity contribution in [3.05, 3.63) is 69.5 Å². The van der Waals surface area contributed by atoms with Crippen LogP contribution in [-0.4, -0.2) is 4.68 Å². The van der Waals surface area contributed by atoms with Crippen LogP contribution in [0.1, 0.15) is 22.3 Å². The molecular weight excluding hydrogens is 284 g/mol. The zero-order valence-corrected chi connectivity index (χ0v) is 13.3. The van der Waals surface area contributed by atoms with Crippen LogP contribution in [-0.2, 0) is 6.54 Å². The summed E-state index contributed by atoms with van der Waals surface area (Å²) in [7, 11) is 0. The van der Waals surface area contributed by atoms with Crippen molar-refractivity contribution in [1.82, 2.24) is 4.68 Å². The predicted molar refractivity (Wildman–Crippen MR) is 89.3 cm³/mol. The van der Waals surface area contributed by atoms with E-state index in [0.29, 0.717) is 11.4 Å². The van der Waals surface area contributed by atoms with Gasteiger partial charge >= 0.3 is 0 Å². The average molecular weight is 299 g/mol. The van der Waals surface area contributed by atoms with Gasteiger partial charge in [0.1, 0.15) is 11.2 Å². The van der Waals surface area contributed by atoms with Crippen molar-refractivity contribution in [3.63, 3.8) is 0 Å². The second-order valence-electron chi connectivity index (χ2n) is 6.11. The molecule has 4 heteroatoms. The van der Waals surface area contributed by atoms with Gasteiger partial charge in [0.15, 0.2) is 12.2 Å². The number of nitrogens with zero attached hydrogens (tertiary/aromatic N) is 4. The summed E-state index contributed by atoms with van der Waals surface area (Å²) >= 11 is 0. The van der Waals surface area contributed by atoms with Gasteiger partial charge in [-0.2, -0.15) is 0 Å². The molecule has 0 atom stereocenters. The van der Waals surface area contributed by atoms with E-state index in [-0.39, 0.29) is 0 Å². The predicted octanol–water partition coefficient (Wildman–Crippen LogP) is 4.31. The van der Waals surface area contributed by atoms with Crippen LogP contribution >= 0.6 is 0 Å². The summed E-state index contributed by atoms with van der Waals surface area (Å²) < 4.78 is 4.27. The minimum atomic E-state index is 0.518. The summed E-state index contributed by atoms with van der Waals surface area (Å²) in [6, 6.07) is 5.75. The molecule has 0 unspecified atom stereocenters. The number of aryl methyl sites for hydroxylation is 1. The zero-order chi connectivity index (χ0) is 16.3. The van der Waals surface area contributed by atoms with Crippen LogP contribution in [0.25, 0.3) is 26.3 Å². The number of hydrogen-bond acceptors (Lipinski definition) is 0. The first-order valence-corrected chi connectivity index (χ1v) is 7.49. The summed E-state index contributed by atoms with van der Waals surface area (Å²) in [6.45, 7) is 22.0. The standard InChI is InChI=1S/C19H15N4/c1-11-6-18-16(13(3)12(11)2)10-22-9-14-7-15(20-4)8-17(21-5)19(14)23(18)22/h6-9H,10H2,1-3H3/q+1. The van der Waals surface area contributed by atoms with Crippen molar-refractivity contribution < 1.29 is 4.68 Å². The van der Waals surface area contributed by atoms with E-state index in [9.17, 15) is 0 Å². The highest BCUT2D eigenvalue weighted by atomic mass is 15.4. The molecule has 0 bridgehead atoms. The average Bonchev–Trinajstić information content (AvgIpc) is 3.07. The molecule has 0 fully saturated rings. The second kappa shape index (κ2) is 4.44. The molecule has 2 aromatic carbocycles. The largest absolute Gasteiger partial charge is 0.239 e. The number of benzene rings is 2. The van der Waals surface area contributed by atoms with Gasteiger partial charge in [-0.3, -0.25) is 0 Å². The molecule has 4 rings (SSSR count). The van der Waals surface area contributed by atoms with E-state index in [4.69, 9.17) is 13.1 Å². The highest BCUT2D eigenvalue weighted by Crippen LogP contribution is 2.36. The second-order valence-corrected chi connectivity index (χ2v) is 6.11. The van der Waals surface area contributed by atoms with Gasteiger partial charge in [0, 0.05) is 5.39 Å². The Kier molecular flexibility index (Phi) is 2.62. The first kappa shape index (κ1) is 13.5. The van der Waals surface area contributed by atoms with Crippen LogP contribution in [0.2, 0.25) is 0 Å². The van der Waals surface area contributed by atoms with Crippen molar-refractivity contribution in [1.29, 1.82) is 0 Å². The Morgan fingerprint density at radius 1 is 1.04 bits per heavy atom. The van der Waals surface area contributed by atoms with E-state index >= 15 is 0 Å². The lowest BCUT2D eigenvalue weighted by molar-refractivity contribution is -0.749. The summed E-state index contributed by atoms with van der Waals surface area (Å²) in [5, 5.41) is 0.950. The van der Waals surface area contributed by atoms with Gasteiger partial charge < -0.3 is 0 Å². The van der Waals surface area contributed by atoms with Gasteiger partial charge in [-0.05, 0) is 55.7 Å². The molecule has 2 heterocycles. The fourth-order valence-corrected chi connectivity index (χ4v) is 3.49. The monoisotopic (exact) mass is 299 g/mol. The maximum absolute atomic E-state index is 7.50. The molecule has 0 amide bonds. The number of fused-ring (bicyclic) bond motifs is 5. The quantitative estimate of drug-likeness (QED) is 0.340. The number of aromatic nitrogens is 2. The molecule has 1 aliphatic heterocycles. The summed E-state index contributed by atoms with van der Waals surface area (Å²) in [6.07, 6.45) is 2.04. The van der Waals surface area contributed by atoms with E-state index in [1.165, 1.54) is 22.3 Å². The molecule has 0 radical (unpaired) electrons. The van der Waals surface area contributed by atoms with E-state index in [1.54, 1.807) is 6.07 Å². The molecular formula is C19H15N4+. The van der Waals surface area contributed by atoms with E-state index in [2.05, 4.69) is 45.9 Å². The summed E-state index contributed by atoms with van der Waals surface area (Å²) in [5.41, 5.74) is 8.35. The Bertz CT molecular complexity index is 1090. The molecule has 1 aliphatic rings. The van der Waals surface area contributed by atoms with Gasteiger partial charge in [0.25, 0.3) is 0 Å². The normalized spacial score (nSPS) is 11.9. The van der Waals surface area contributed by atoms with Crippen molar-refractivity contribution in [2.75, 3.05) is 0 Å². The molecule has 1 aromatic heterocycles. The third-order valence-electron chi connectivity index (χ3n) is 4.93. The Balaban J connectivity index is 2.13. The highest BCUT2D eigenvalue weighted by Gasteiger charge is 2.31. The fraction of sp³-hybridized carbons (Fsp3) is 0.211. The van der Waals surface area contributed by atoms with Crippen LogP contribution in [0, 0.1) is 33.9 Å². The van der Waals surface area contributed by atoms with E-state index in [1.807, 2.05) is 12.3 Å². The Morgan fingerprint density at radius 3 is 2.52 bits per heavy atom. The molecule has 3 aromatic rings. The third-order valence-corrected chi connectivity index (χ3v) is 4.93. The maximum Gasteiger partial charge on any atom is 0.207 e. The van der Waals surface area contributed by atoms with Crippen molar-refractivity contribution in [3.8, 4) is 5.69 Å². The van der Waals surface area contributed by atoms with Crippen LogP contribution in [0.4, 0.5) is 11.4 Å². The Hall–Kier alpha value is -3.11. The number of rotatable bonds is 0. The molecule has 0 N–H and O–H groups in total. The highest BCUT2D eigenvalue weighted by molar-refractivity contribution is 5.95. The minimum absolute atomic E-state index is 0.518. The van der Waals surface area contributed by atoms with Gasteiger partial charge in [0.05, 0.1) is 18.7 Å². The lowest BCUT2D eigenvalue weighted by Crippen LogP contribution is -2.36. The first-order chi connectivity index (χ1) is 11.0. The van der Waals surface area contributed by atoms with Crippen LogP contribution in [0.3, 0.4) is 0 Å². The van der Waals surface area contributed by atoms with Crippen molar-refractivity contribution in [2.24, 2.45) is 0 Å². The molecule has 0 aliphatic carbocycles. The SMILES string of the molecule is [C-]#[N+]c1cc([N+]#[C-])c2c(c1)c[n+]1n2-c2cc(C)c(C)c(C)c2C1. The van der Waals surface area contributed by atoms with Gasteiger partial charge in [0.2, 0.25) is 11.9 Å². The van der Waals surface area contributed by atoms with Gasteiger partial charge in [-0.1, -0.05) is 0 Å². The smallest absolute Gasteiger partial charge is 0.207 e. The minimum Gasteiger partial charge on any atom is -0.239 e. The third kappa shape index (κ3) is 1.67. The maximum atomic E-state index is 7.50. The van der Waals surface area contributed by atoms with E-state index in [0.717, 1.165) is 23.1 Å². The lowest BCUT2D eigenvalue weighted by Gasteiger charge is -2.09. The molecule has 23 heavy (non-hydrogen) atoms. The number of hydrogen-bond donors (Lipinski definition) is 0. The lowest BCUT2D eigenvalue weighted by atomic mass is 9.97. The summed E-state index contributed by atoms with van der Waals surface area (Å²) in [5.74, 6) is 0. The Morgan fingerprint density at radius 2 is 1.83 bits per heavy atom. The van der Waals surface area contributed by atoms with Crippen molar-refractivity contribution >= 4 is 22.3 Å². The Labute approximate surface area is 134 Å². The molecule has 110 valence electrons. The molecule has 0 saturated carbocycles. The van der Waals surface area contributed by atoms with Gasteiger partial charge in [-0.15, -0.1) is 9.36 Å². The van der Waals surface area contributed by atoms with Crippen LogP contribution in [0.5, 0.6) is 0 Å². The zero-order valence-electron chi connectivity index (χ0n) is 13.3. The van der Waals surface area contributed by atoms with E-state index < -0.39 is 0 Å². The summed E-state index contributed by atoms with van der Waals surface area (Å²) in [4.78, 5) is 7.15. The first-order valence-electron chi connectivity index (χ1n) is 7.49. The van der Waals surface area contributed by atoms with Crippen molar-refractivity contribution in [2.45, 2.75) is 27.3 Å². The topological polar surface area (TPSA) is 17.5 Å². The molecule has 0 saturated heterocycles. The molecule has 0 spiro atoms. The van der Waals surface area contributed by atoms with Crippen LogP contribution in [0.15, 0.2) is 24.4 Å². The van der Waals surface area contributed by atoms with Gasteiger partial charge in [-0.25, -0.2) is 9.69 Å². The fourth-order valence-electron chi connectivity index (χ4n) is 3.49. The molecule has 4 nitrogen and oxygen atoms in total.